The third-order valence-corrected chi connectivity index (χ3v) is 7.77. The molecule has 2 aromatic rings. The number of nitrogens with zero attached hydrogens (tertiary/aromatic N) is 1. The number of sulfonamides is 1. The average Bonchev–Trinajstić information content (AvgIpc) is 3.26. The van der Waals surface area contributed by atoms with Crippen LogP contribution in [0, 0.1) is 5.92 Å². The Hall–Kier alpha value is -1.70. The van der Waals surface area contributed by atoms with Crippen molar-refractivity contribution >= 4 is 27.3 Å². The van der Waals surface area contributed by atoms with Crippen molar-refractivity contribution in [1.82, 2.24) is 9.62 Å². The van der Waals surface area contributed by atoms with Gasteiger partial charge in [0.1, 0.15) is 4.21 Å². The van der Waals surface area contributed by atoms with E-state index in [0.29, 0.717) is 30.3 Å². The van der Waals surface area contributed by atoms with Gasteiger partial charge in [-0.2, -0.15) is 0 Å². The van der Waals surface area contributed by atoms with Crippen LogP contribution in [0.1, 0.15) is 23.8 Å². The quantitative estimate of drug-likeness (QED) is 0.751. The predicted molar refractivity (Wildman–Crippen MR) is 104 cm³/mol. The number of aryl methyl sites for hydroxylation is 1. The number of carbonyl (C=O) groups excluding carboxylic acids is 1. The van der Waals surface area contributed by atoms with Gasteiger partial charge in [-0.25, -0.2) is 13.1 Å². The second kappa shape index (κ2) is 8.33. The molecule has 1 aliphatic heterocycles. The van der Waals surface area contributed by atoms with E-state index < -0.39 is 10.0 Å². The molecule has 3 rings (SSSR count). The minimum Gasteiger partial charge on any atom is -0.342 e. The lowest BCUT2D eigenvalue weighted by atomic mass is 10.1. The number of hydrogen-bond donors (Lipinski definition) is 1. The van der Waals surface area contributed by atoms with Crippen LogP contribution in [0.5, 0.6) is 0 Å². The van der Waals surface area contributed by atoms with Gasteiger partial charge in [0, 0.05) is 30.9 Å². The largest absolute Gasteiger partial charge is 0.342 e. The molecular weight excluding hydrogens is 368 g/mol. The Morgan fingerprint density at radius 1 is 1.19 bits per heavy atom. The van der Waals surface area contributed by atoms with E-state index in [9.17, 15) is 13.2 Å². The molecule has 1 atom stereocenters. The van der Waals surface area contributed by atoms with Gasteiger partial charge in [-0.1, -0.05) is 37.3 Å². The molecule has 0 saturated carbocycles. The zero-order valence-electron chi connectivity index (χ0n) is 14.8. The summed E-state index contributed by atoms with van der Waals surface area (Å²) in [6.45, 7) is 3.59. The summed E-state index contributed by atoms with van der Waals surface area (Å²) in [7, 11) is -3.49. The van der Waals surface area contributed by atoms with E-state index in [1.54, 1.807) is 6.07 Å². The van der Waals surface area contributed by atoms with Crippen LogP contribution in [-0.2, 0) is 27.7 Å². The van der Waals surface area contributed by atoms with Gasteiger partial charge in [-0.3, -0.25) is 4.79 Å². The van der Waals surface area contributed by atoms with Crippen molar-refractivity contribution in [2.75, 3.05) is 19.6 Å². The van der Waals surface area contributed by atoms with E-state index in [1.165, 1.54) is 16.9 Å². The zero-order chi connectivity index (χ0) is 18.6. The van der Waals surface area contributed by atoms with Gasteiger partial charge in [0.05, 0.1) is 0 Å². The molecule has 1 N–H and O–H groups in total. The summed E-state index contributed by atoms with van der Waals surface area (Å²) < 4.78 is 27.8. The molecule has 26 heavy (non-hydrogen) atoms. The molecule has 7 heteroatoms. The molecule has 0 bridgehead atoms. The van der Waals surface area contributed by atoms with E-state index in [1.807, 2.05) is 36.1 Å². The molecule has 1 fully saturated rings. The maximum Gasteiger partial charge on any atom is 0.250 e. The molecule has 1 aromatic heterocycles. The van der Waals surface area contributed by atoms with E-state index >= 15 is 0 Å². The fourth-order valence-corrected chi connectivity index (χ4v) is 5.56. The number of hydrogen-bond acceptors (Lipinski definition) is 4. The number of amides is 1. The third-order valence-electron chi connectivity index (χ3n) is 4.62. The third kappa shape index (κ3) is 4.72. The average molecular weight is 393 g/mol. The van der Waals surface area contributed by atoms with Gasteiger partial charge in [-0.05, 0) is 36.5 Å². The molecule has 0 radical (unpaired) electrons. The molecule has 1 unspecified atom stereocenters. The van der Waals surface area contributed by atoms with Crippen molar-refractivity contribution in [3.8, 4) is 0 Å². The number of likely N-dealkylation sites (tertiary alicyclic amines) is 1. The predicted octanol–water partition coefficient (Wildman–Crippen LogP) is 2.68. The Bertz CT molecular complexity index is 847. The second-order valence-electron chi connectivity index (χ2n) is 6.57. The monoisotopic (exact) mass is 392 g/mol. The van der Waals surface area contributed by atoms with Crippen LogP contribution in [0.15, 0.2) is 46.7 Å². The first kappa shape index (κ1) is 19.1. The Balaban J connectivity index is 1.51. The van der Waals surface area contributed by atoms with E-state index in [4.69, 9.17) is 0 Å². The van der Waals surface area contributed by atoms with Gasteiger partial charge >= 0.3 is 0 Å². The van der Waals surface area contributed by atoms with Crippen molar-refractivity contribution in [3.05, 3.63) is 52.9 Å². The number of carbonyl (C=O) groups is 1. The smallest absolute Gasteiger partial charge is 0.250 e. The van der Waals surface area contributed by atoms with Crippen LogP contribution < -0.4 is 4.72 Å². The van der Waals surface area contributed by atoms with Crippen molar-refractivity contribution in [3.63, 3.8) is 0 Å². The summed E-state index contributed by atoms with van der Waals surface area (Å²) >= 11 is 1.30. The van der Waals surface area contributed by atoms with Crippen LogP contribution in [0.4, 0.5) is 0 Å². The summed E-state index contributed by atoms with van der Waals surface area (Å²) in [6.07, 6.45) is 2.05. The maximum absolute atomic E-state index is 12.4. The molecule has 5 nitrogen and oxygen atoms in total. The van der Waals surface area contributed by atoms with E-state index in [2.05, 4.69) is 16.9 Å². The molecule has 0 aliphatic carbocycles. The Labute approximate surface area is 159 Å². The highest BCUT2D eigenvalue weighted by Crippen LogP contribution is 2.23. The fourth-order valence-electron chi connectivity index (χ4n) is 3.11. The Morgan fingerprint density at radius 3 is 2.65 bits per heavy atom. The summed E-state index contributed by atoms with van der Waals surface area (Å²) in [5.74, 6) is 0.133. The van der Waals surface area contributed by atoms with Crippen molar-refractivity contribution in [1.29, 1.82) is 0 Å². The maximum atomic E-state index is 12.4. The normalized spacial score (nSPS) is 17.8. The van der Waals surface area contributed by atoms with Gasteiger partial charge < -0.3 is 4.90 Å². The lowest BCUT2D eigenvalue weighted by Gasteiger charge is -2.17. The van der Waals surface area contributed by atoms with Crippen molar-refractivity contribution < 1.29 is 13.2 Å². The Morgan fingerprint density at radius 2 is 1.96 bits per heavy atom. The lowest BCUT2D eigenvalue weighted by Crippen LogP contribution is -2.31. The summed E-state index contributed by atoms with van der Waals surface area (Å²) in [5, 5.41) is 0. The van der Waals surface area contributed by atoms with Gasteiger partial charge in [-0.15, -0.1) is 11.3 Å². The number of benzene rings is 1. The molecule has 2 heterocycles. The highest BCUT2D eigenvalue weighted by atomic mass is 32.2. The molecule has 1 aromatic carbocycles. The fraction of sp³-hybridized carbons (Fsp3) is 0.421. The van der Waals surface area contributed by atoms with Crippen LogP contribution in [0.2, 0.25) is 0 Å². The zero-order valence-corrected chi connectivity index (χ0v) is 16.5. The topological polar surface area (TPSA) is 66.5 Å². The number of rotatable bonds is 8. The number of nitrogens with one attached hydrogen (secondary N) is 1. The lowest BCUT2D eigenvalue weighted by molar-refractivity contribution is -0.127. The molecule has 1 saturated heterocycles. The van der Waals surface area contributed by atoms with E-state index in [-0.39, 0.29) is 11.8 Å². The highest BCUT2D eigenvalue weighted by molar-refractivity contribution is 7.91. The first-order valence-electron chi connectivity index (χ1n) is 8.88. The molecule has 140 valence electrons. The minimum absolute atomic E-state index is 0.0265. The molecule has 1 amide bonds. The summed E-state index contributed by atoms with van der Waals surface area (Å²) in [5.41, 5.74) is 1.20. The SMILES string of the molecule is CCc1ccc(S(=O)(=O)NCC2CC(=O)N(CCc3ccccc3)C2)s1. The van der Waals surface area contributed by atoms with Crippen molar-refractivity contribution in [2.45, 2.75) is 30.4 Å². The van der Waals surface area contributed by atoms with Crippen LogP contribution in [-0.4, -0.2) is 38.9 Å². The first-order valence-corrected chi connectivity index (χ1v) is 11.2. The number of thiophene rings is 1. The molecule has 1 aliphatic rings. The summed E-state index contributed by atoms with van der Waals surface area (Å²) in [4.78, 5) is 15.1. The van der Waals surface area contributed by atoms with Gasteiger partial charge in [0.15, 0.2) is 0 Å². The second-order valence-corrected chi connectivity index (χ2v) is 9.73. The highest BCUT2D eigenvalue weighted by Gasteiger charge is 2.30. The first-order chi connectivity index (χ1) is 12.5. The molecular formula is C19H24N2O3S2. The van der Waals surface area contributed by atoms with Crippen LogP contribution >= 0.6 is 11.3 Å². The minimum atomic E-state index is -3.49. The van der Waals surface area contributed by atoms with Crippen LogP contribution in [0.25, 0.3) is 0 Å². The van der Waals surface area contributed by atoms with Gasteiger partial charge in [0.25, 0.3) is 0 Å². The standard InChI is InChI=1S/C19H24N2O3S2/c1-2-17-8-9-19(25-17)26(23,24)20-13-16-12-18(22)21(14-16)11-10-15-6-4-3-5-7-15/h3-9,16,20H,2,10-14H2,1H3. The van der Waals surface area contributed by atoms with Crippen LogP contribution in [0.3, 0.4) is 0 Å². The summed E-state index contributed by atoms with van der Waals surface area (Å²) in [6, 6.07) is 13.6. The molecule has 0 spiro atoms. The Kier molecular flexibility index (Phi) is 6.11. The van der Waals surface area contributed by atoms with Gasteiger partial charge in [0.2, 0.25) is 15.9 Å². The van der Waals surface area contributed by atoms with Crippen molar-refractivity contribution in [2.24, 2.45) is 5.92 Å². The van der Waals surface area contributed by atoms with E-state index in [0.717, 1.165) is 17.7 Å².